The van der Waals surface area contributed by atoms with Gasteiger partial charge < -0.3 is 11.1 Å². The van der Waals surface area contributed by atoms with Crippen molar-refractivity contribution in [2.45, 2.75) is 0 Å². The predicted octanol–water partition coefficient (Wildman–Crippen LogP) is 5.63. The van der Waals surface area contributed by atoms with Crippen molar-refractivity contribution in [2.24, 2.45) is 0 Å². The van der Waals surface area contributed by atoms with E-state index in [1.54, 1.807) is 30.3 Å². The third-order valence-electron chi connectivity index (χ3n) is 2.31. The fourth-order valence-corrected chi connectivity index (χ4v) is 2.10. The van der Waals surface area contributed by atoms with Crippen molar-refractivity contribution in [1.82, 2.24) is 0 Å². The topological polar surface area (TPSA) is 38.0 Å². The molecule has 0 atom stereocenters. The van der Waals surface area contributed by atoms with Gasteiger partial charge in [-0.25, -0.2) is 0 Å². The lowest BCUT2D eigenvalue weighted by atomic mass is 10.2. The summed E-state index contributed by atoms with van der Waals surface area (Å²) in [6, 6.07) is 8.48. The molecular weight excluding hydrogens is 314 g/mol. The summed E-state index contributed by atoms with van der Waals surface area (Å²) < 4.78 is 0. The van der Waals surface area contributed by atoms with Crippen LogP contribution in [-0.2, 0) is 0 Å². The lowest BCUT2D eigenvalue weighted by Crippen LogP contribution is -1.97. The molecule has 0 spiro atoms. The van der Waals surface area contributed by atoms with Crippen LogP contribution >= 0.6 is 46.4 Å². The Morgan fingerprint density at radius 2 is 1.50 bits per heavy atom. The van der Waals surface area contributed by atoms with Crippen LogP contribution in [0, 0.1) is 0 Å². The first-order valence-electron chi connectivity index (χ1n) is 4.94. The van der Waals surface area contributed by atoms with E-state index < -0.39 is 0 Å². The molecule has 2 aromatic rings. The Bertz CT molecular complexity index is 599. The Labute approximate surface area is 125 Å². The standard InChI is InChI=1S/C12H8Cl4N2/c13-6-2-1-3-10(12(6)16)18-11-5-8(15)7(14)4-9(11)17/h1-5,18H,17H2. The van der Waals surface area contributed by atoms with Crippen molar-refractivity contribution in [3.05, 3.63) is 50.4 Å². The number of hydrogen-bond acceptors (Lipinski definition) is 2. The van der Waals surface area contributed by atoms with Gasteiger partial charge in [0.1, 0.15) is 0 Å². The minimum Gasteiger partial charge on any atom is -0.397 e. The molecule has 0 aromatic heterocycles. The van der Waals surface area contributed by atoms with Crippen molar-refractivity contribution in [3.63, 3.8) is 0 Å². The second-order valence-corrected chi connectivity index (χ2v) is 5.18. The Balaban J connectivity index is 2.40. The highest BCUT2D eigenvalue weighted by Crippen LogP contribution is 2.36. The van der Waals surface area contributed by atoms with E-state index in [1.165, 1.54) is 0 Å². The van der Waals surface area contributed by atoms with Gasteiger partial charge in [0.05, 0.1) is 37.2 Å². The van der Waals surface area contributed by atoms with E-state index in [0.717, 1.165) is 0 Å². The van der Waals surface area contributed by atoms with Crippen LogP contribution in [0.15, 0.2) is 30.3 Å². The van der Waals surface area contributed by atoms with Crippen LogP contribution in [0.2, 0.25) is 20.1 Å². The van der Waals surface area contributed by atoms with Gasteiger partial charge in [0.15, 0.2) is 0 Å². The zero-order chi connectivity index (χ0) is 13.3. The van der Waals surface area contributed by atoms with E-state index in [9.17, 15) is 0 Å². The predicted molar refractivity (Wildman–Crippen MR) is 80.6 cm³/mol. The van der Waals surface area contributed by atoms with Gasteiger partial charge >= 0.3 is 0 Å². The summed E-state index contributed by atoms with van der Waals surface area (Å²) in [6.45, 7) is 0. The molecule has 18 heavy (non-hydrogen) atoms. The summed E-state index contributed by atoms with van der Waals surface area (Å²) in [5.74, 6) is 0. The lowest BCUT2D eigenvalue weighted by molar-refractivity contribution is 1.54. The van der Waals surface area contributed by atoms with Gasteiger partial charge in [0.25, 0.3) is 0 Å². The van der Waals surface area contributed by atoms with Crippen molar-refractivity contribution in [3.8, 4) is 0 Å². The smallest absolute Gasteiger partial charge is 0.0827 e. The van der Waals surface area contributed by atoms with Gasteiger partial charge in [-0.1, -0.05) is 52.5 Å². The molecule has 0 unspecified atom stereocenters. The number of benzene rings is 2. The minimum absolute atomic E-state index is 0.400. The molecule has 0 aliphatic carbocycles. The summed E-state index contributed by atoms with van der Waals surface area (Å²) >= 11 is 23.8. The minimum atomic E-state index is 0.400. The van der Waals surface area contributed by atoms with Gasteiger partial charge in [-0.15, -0.1) is 0 Å². The number of halogens is 4. The molecule has 0 saturated heterocycles. The van der Waals surface area contributed by atoms with E-state index in [2.05, 4.69) is 5.32 Å². The summed E-state index contributed by atoms with van der Waals surface area (Å²) in [7, 11) is 0. The van der Waals surface area contributed by atoms with Crippen LogP contribution < -0.4 is 11.1 Å². The van der Waals surface area contributed by atoms with Crippen LogP contribution in [0.25, 0.3) is 0 Å². The molecule has 6 heteroatoms. The molecule has 2 nitrogen and oxygen atoms in total. The first kappa shape index (κ1) is 13.6. The summed E-state index contributed by atoms with van der Waals surface area (Å²) in [4.78, 5) is 0. The fraction of sp³-hybridized carbons (Fsp3) is 0. The van der Waals surface area contributed by atoms with Crippen LogP contribution in [0.5, 0.6) is 0 Å². The average Bonchev–Trinajstić information content (AvgIpc) is 2.32. The number of rotatable bonds is 2. The third kappa shape index (κ3) is 2.78. The average molecular weight is 322 g/mol. The first-order chi connectivity index (χ1) is 8.49. The number of anilines is 3. The molecule has 0 heterocycles. The monoisotopic (exact) mass is 320 g/mol. The number of nitrogens with two attached hydrogens (primary N) is 1. The Morgan fingerprint density at radius 1 is 0.833 bits per heavy atom. The van der Waals surface area contributed by atoms with Gasteiger partial charge in [0.2, 0.25) is 0 Å². The molecule has 0 fully saturated rings. The summed E-state index contributed by atoms with van der Waals surface area (Å²) in [5.41, 5.74) is 7.58. The summed E-state index contributed by atoms with van der Waals surface area (Å²) in [6.07, 6.45) is 0. The maximum absolute atomic E-state index is 6.07. The van der Waals surface area contributed by atoms with E-state index in [1.807, 2.05) is 0 Å². The van der Waals surface area contributed by atoms with Gasteiger partial charge in [-0.05, 0) is 24.3 Å². The highest BCUT2D eigenvalue weighted by Gasteiger charge is 2.08. The van der Waals surface area contributed by atoms with E-state index in [0.29, 0.717) is 37.2 Å². The van der Waals surface area contributed by atoms with Gasteiger partial charge in [0, 0.05) is 0 Å². The molecule has 0 aliphatic rings. The highest BCUT2D eigenvalue weighted by atomic mass is 35.5. The largest absolute Gasteiger partial charge is 0.397 e. The zero-order valence-corrected chi connectivity index (χ0v) is 12.0. The van der Waals surface area contributed by atoms with Crippen LogP contribution in [0.3, 0.4) is 0 Å². The van der Waals surface area contributed by atoms with E-state index in [-0.39, 0.29) is 0 Å². The first-order valence-corrected chi connectivity index (χ1v) is 6.46. The van der Waals surface area contributed by atoms with Gasteiger partial charge in [-0.2, -0.15) is 0 Å². The summed E-state index contributed by atoms with van der Waals surface area (Å²) in [5, 5.41) is 4.75. The van der Waals surface area contributed by atoms with Crippen LogP contribution in [0.4, 0.5) is 17.1 Å². The molecular formula is C12H8Cl4N2. The van der Waals surface area contributed by atoms with Crippen molar-refractivity contribution < 1.29 is 0 Å². The number of hydrogen-bond donors (Lipinski definition) is 2. The highest BCUT2D eigenvalue weighted by molar-refractivity contribution is 6.44. The maximum atomic E-state index is 6.07. The van der Waals surface area contributed by atoms with E-state index in [4.69, 9.17) is 52.1 Å². The van der Waals surface area contributed by atoms with Crippen molar-refractivity contribution in [2.75, 3.05) is 11.1 Å². The van der Waals surface area contributed by atoms with E-state index >= 15 is 0 Å². The molecule has 0 saturated carbocycles. The van der Waals surface area contributed by atoms with Crippen LogP contribution in [0.1, 0.15) is 0 Å². The molecule has 0 aliphatic heterocycles. The maximum Gasteiger partial charge on any atom is 0.0827 e. The Morgan fingerprint density at radius 3 is 2.22 bits per heavy atom. The van der Waals surface area contributed by atoms with Crippen LogP contribution in [-0.4, -0.2) is 0 Å². The Kier molecular flexibility index (Phi) is 4.13. The second-order valence-electron chi connectivity index (χ2n) is 3.58. The Hall–Kier alpha value is -0.800. The quantitative estimate of drug-likeness (QED) is 0.704. The van der Waals surface area contributed by atoms with Crippen molar-refractivity contribution >= 4 is 63.5 Å². The normalized spacial score (nSPS) is 10.4. The fourth-order valence-electron chi connectivity index (χ4n) is 1.42. The molecule has 94 valence electrons. The second kappa shape index (κ2) is 5.45. The van der Waals surface area contributed by atoms with Gasteiger partial charge in [-0.3, -0.25) is 0 Å². The third-order valence-corrected chi connectivity index (χ3v) is 3.85. The molecule has 0 bridgehead atoms. The molecule has 0 radical (unpaired) electrons. The van der Waals surface area contributed by atoms with Crippen molar-refractivity contribution in [1.29, 1.82) is 0 Å². The number of nitrogen functional groups attached to an aromatic ring is 1. The molecule has 2 aromatic carbocycles. The number of nitrogens with one attached hydrogen (secondary N) is 1. The molecule has 3 N–H and O–H groups in total. The molecule has 0 amide bonds. The molecule has 2 rings (SSSR count). The zero-order valence-electron chi connectivity index (χ0n) is 8.98. The SMILES string of the molecule is Nc1cc(Cl)c(Cl)cc1Nc1cccc(Cl)c1Cl. The lowest BCUT2D eigenvalue weighted by Gasteiger charge is -2.12.